The van der Waals surface area contributed by atoms with Crippen LogP contribution < -0.4 is 9.47 Å². The quantitative estimate of drug-likeness (QED) is 0.0766. The predicted octanol–water partition coefficient (Wildman–Crippen LogP) is 7.23. The van der Waals surface area contributed by atoms with Gasteiger partial charge in [0.2, 0.25) is 0 Å². The first-order chi connectivity index (χ1) is 20.4. The highest BCUT2D eigenvalue weighted by Crippen LogP contribution is 2.27. The number of para-hydroxylation sites is 2. The fraction of sp³-hybridized carbons (Fsp3) is 0.581. The normalized spacial score (nSPS) is 12.0. The summed E-state index contributed by atoms with van der Waals surface area (Å²) in [6.07, 6.45) is 2.10. The van der Waals surface area contributed by atoms with Crippen LogP contribution in [0.2, 0.25) is 12.1 Å². The lowest BCUT2D eigenvalue weighted by Gasteiger charge is -2.28. The van der Waals surface area contributed by atoms with E-state index in [9.17, 15) is 4.79 Å². The van der Waals surface area contributed by atoms with E-state index in [2.05, 4.69) is 0 Å². The molecule has 0 unspecified atom stereocenters. The number of hydrogen-bond acceptors (Lipinski definition) is 9. The van der Waals surface area contributed by atoms with Gasteiger partial charge in [-0.25, -0.2) is 4.79 Å². The second-order valence-corrected chi connectivity index (χ2v) is 14.8. The lowest BCUT2D eigenvalue weighted by Crippen LogP contribution is -2.46. The average molecular weight is 623 g/mol. The van der Waals surface area contributed by atoms with Crippen molar-refractivity contribution in [3.05, 3.63) is 59.7 Å². The number of benzene rings is 2. The van der Waals surface area contributed by atoms with E-state index < -0.39 is 23.8 Å². The maximum Gasteiger partial charge on any atom is 0.519 e. The van der Waals surface area contributed by atoms with E-state index in [1.807, 2.05) is 77.9 Å². The molecule has 0 bridgehead atoms. The van der Waals surface area contributed by atoms with Gasteiger partial charge in [-0.15, -0.1) is 0 Å². The number of carbonyl (C=O) groups excluding carboxylic acids is 1. The van der Waals surface area contributed by atoms with Crippen molar-refractivity contribution in [1.82, 2.24) is 0 Å². The van der Waals surface area contributed by atoms with E-state index in [1.165, 1.54) is 0 Å². The molecule has 236 valence electrons. The molecule has 0 saturated carbocycles. The van der Waals surface area contributed by atoms with Gasteiger partial charge in [0.25, 0.3) is 0 Å². The molecule has 2 rings (SSSR count). The maximum absolute atomic E-state index is 12.9. The van der Waals surface area contributed by atoms with Crippen LogP contribution >= 0.6 is 0 Å². The minimum absolute atomic E-state index is 0.470. The van der Waals surface area contributed by atoms with Gasteiger partial charge in [0.05, 0.1) is 0 Å². The van der Waals surface area contributed by atoms with Gasteiger partial charge in [-0.2, -0.15) is 0 Å². The molecule has 0 amide bonds. The van der Waals surface area contributed by atoms with Crippen molar-refractivity contribution in [3.63, 3.8) is 0 Å². The SMILES string of the molecule is CCO[Si](CCCc1ccccc1OC(=O)Oc1ccccc1CCC[Si](OCC)(OCC)OCC)(OCC)OCC. The minimum atomic E-state index is -2.75. The molecule has 0 fully saturated rings. The molecular formula is C31H50O9Si2. The molecule has 2 aromatic carbocycles. The average Bonchev–Trinajstić information content (AvgIpc) is 2.96. The van der Waals surface area contributed by atoms with Crippen molar-refractivity contribution in [1.29, 1.82) is 0 Å². The van der Waals surface area contributed by atoms with Gasteiger partial charge in [0, 0.05) is 51.7 Å². The zero-order valence-electron chi connectivity index (χ0n) is 26.3. The zero-order valence-corrected chi connectivity index (χ0v) is 28.3. The predicted molar refractivity (Wildman–Crippen MR) is 167 cm³/mol. The first kappa shape index (κ1) is 36.1. The molecule has 9 nitrogen and oxygen atoms in total. The third-order valence-electron chi connectivity index (χ3n) is 6.38. The van der Waals surface area contributed by atoms with Crippen LogP contribution in [0, 0.1) is 0 Å². The lowest BCUT2D eigenvalue weighted by atomic mass is 10.1. The number of aryl methyl sites for hydroxylation is 2. The second kappa shape index (κ2) is 20.0. The molecule has 0 atom stereocenters. The Bertz CT molecular complexity index is 923. The Hall–Kier alpha value is -2.10. The summed E-state index contributed by atoms with van der Waals surface area (Å²) in [4.78, 5) is 12.9. The highest BCUT2D eigenvalue weighted by Gasteiger charge is 2.40. The largest absolute Gasteiger partial charge is 0.519 e. The Morgan fingerprint density at radius 3 is 1.14 bits per heavy atom. The molecule has 0 aliphatic carbocycles. The summed E-state index contributed by atoms with van der Waals surface area (Å²) in [6, 6.07) is 16.3. The van der Waals surface area contributed by atoms with Gasteiger partial charge in [0.15, 0.2) is 0 Å². The highest BCUT2D eigenvalue weighted by molar-refractivity contribution is 6.61. The first-order valence-electron chi connectivity index (χ1n) is 15.3. The summed E-state index contributed by atoms with van der Waals surface area (Å²) in [7, 11) is -5.49. The van der Waals surface area contributed by atoms with Gasteiger partial charge in [-0.3, -0.25) is 0 Å². The van der Waals surface area contributed by atoms with Gasteiger partial charge in [-0.1, -0.05) is 36.4 Å². The van der Waals surface area contributed by atoms with Crippen molar-refractivity contribution in [2.75, 3.05) is 39.6 Å². The summed E-state index contributed by atoms with van der Waals surface area (Å²) in [6.45, 7) is 14.9. The van der Waals surface area contributed by atoms with Crippen LogP contribution in [0.15, 0.2) is 48.5 Å². The molecule has 0 heterocycles. The summed E-state index contributed by atoms with van der Waals surface area (Å²) in [5.74, 6) is 0.940. The lowest BCUT2D eigenvalue weighted by molar-refractivity contribution is 0.0700. The van der Waals surface area contributed by atoms with Crippen LogP contribution in [0.5, 0.6) is 11.5 Å². The van der Waals surface area contributed by atoms with Crippen molar-refractivity contribution in [2.24, 2.45) is 0 Å². The molecule has 0 aromatic heterocycles. The van der Waals surface area contributed by atoms with Crippen LogP contribution in [0.3, 0.4) is 0 Å². The van der Waals surface area contributed by atoms with Crippen molar-refractivity contribution >= 4 is 23.8 Å². The van der Waals surface area contributed by atoms with Crippen molar-refractivity contribution < 1.29 is 40.8 Å². The Labute approximate surface area is 254 Å². The molecule has 11 heteroatoms. The number of ether oxygens (including phenoxy) is 2. The van der Waals surface area contributed by atoms with Gasteiger partial charge in [0.1, 0.15) is 11.5 Å². The molecular weight excluding hydrogens is 573 g/mol. The fourth-order valence-electron chi connectivity index (χ4n) is 4.81. The third kappa shape index (κ3) is 11.9. The smallest absolute Gasteiger partial charge is 0.394 e. The van der Waals surface area contributed by atoms with E-state index in [-0.39, 0.29) is 0 Å². The van der Waals surface area contributed by atoms with Crippen LogP contribution in [0.1, 0.15) is 65.5 Å². The topological polar surface area (TPSA) is 90.9 Å². The number of carbonyl (C=O) groups is 1. The van der Waals surface area contributed by atoms with Gasteiger partial charge >= 0.3 is 23.8 Å². The number of rotatable bonds is 22. The molecule has 0 aliphatic rings. The first-order valence-corrected chi connectivity index (χ1v) is 19.2. The van der Waals surface area contributed by atoms with Gasteiger partial charge < -0.3 is 36.0 Å². The summed E-state index contributed by atoms with van der Waals surface area (Å²) < 4.78 is 47.2. The monoisotopic (exact) mass is 622 g/mol. The Morgan fingerprint density at radius 1 is 0.524 bits per heavy atom. The Kier molecular flexibility index (Phi) is 17.2. The molecule has 42 heavy (non-hydrogen) atoms. The van der Waals surface area contributed by atoms with E-state index >= 15 is 0 Å². The maximum atomic E-state index is 12.9. The fourth-order valence-corrected chi connectivity index (χ4v) is 10.0. The summed E-state index contributed by atoms with van der Waals surface area (Å²) >= 11 is 0. The molecule has 0 saturated heterocycles. The van der Waals surface area contributed by atoms with Crippen molar-refractivity contribution in [2.45, 2.75) is 79.3 Å². The van der Waals surface area contributed by atoms with Gasteiger partial charge in [-0.05, 0) is 90.5 Å². The third-order valence-corrected chi connectivity index (χ3v) is 12.7. The van der Waals surface area contributed by atoms with Crippen LogP contribution in [0.25, 0.3) is 0 Å². The molecule has 0 spiro atoms. The number of hydrogen-bond donors (Lipinski definition) is 0. The minimum Gasteiger partial charge on any atom is -0.394 e. The van der Waals surface area contributed by atoms with E-state index in [1.54, 1.807) is 12.1 Å². The summed E-state index contributed by atoms with van der Waals surface area (Å²) in [5.41, 5.74) is 1.80. The molecule has 2 aromatic rings. The molecule has 0 N–H and O–H groups in total. The Morgan fingerprint density at radius 2 is 0.833 bits per heavy atom. The molecule has 0 radical (unpaired) electrons. The highest BCUT2D eigenvalue weighted by atomic mass is 28.4. The van der Waals surface area contributed by atoms with Crippen LogP contribution in [-0.2, 0) is 39.4 Å². The van der Waals surface area contributed by atoms with Crippen molar-refractivity contribution in [3.8, 4) is 11.5 Å². The standard InChI is InChI=1S/C31H50O9Si2/c1-7-33-41(34-8-2,35-9-3)25-17-21-27-19-13-15-23-29(27)39-31(32)40-30-24-16-14-20-28(30)22-18-26-42(36-10-4,37-11-5)38-12-6/h13-16,19-20,23-24H,7-12,17-18,21-22,25-26H2,1-6H3. The van der Waals surface area contributed by atoms with Crippen LogP contribution in [0.4, 0.5) is 4.79 Å². The van der Waals surface area contributed by atoms with E-state index in [0.717, 1.165) is 24.0 Å². The van der Waals surface area contributed by atoms with Crippen LogP contribution in [-0.4, -0.2) is 63.4 Å². The second-order valence-electron chi connectivity index (χ2n) is 9.34. The summed E-state index contributed by atoms with van der Waals surface area (Å²) in [5, 5.41) is 0. The Balaban J connectivity index is 2.03. The van der Waals surface area contributed by atoms with E-state index in [0.29, 0.717) is 76.1 Å². The van der Waals surface area contributed by atoms with E-state index in [4.69, 9.17) is 36.0 Å². The zero-order chi connectivity index (χ0) is 30.7. The molecule has 0 aliphatic heterocycles.